The van der Waals surface area contributed by atoms with Gasteiger partial charge in [0.15, 0.2) is 0 Å². The Hall–Kier alpha value is -2.64. The monoisotopic (exact) mass is 319 g/mol. The van der Waals surface area contributed by atoms with Gasteiger partial charge in [0.05, 0.1) is 0 Å². The van der Waals surface area contributed by atoms with E-state index >= 15 is 0 Å². The summed E-state index contributed by atoms with van der Waals surface area (Å²) in [4.78, 5) is 42.5. The minimum atomic E-state index is -0.637. The number of nitrogens with one attached hydrogen (secondary N) is 2. The maximum atomic E-state index is 12.1. The summed E-state index contributed by atoms with van der Waals surface area (Å²) in [5.41, 5.74) is 0. The Bertz CT molecular complexity index is 555. The largest absolute Gasteiger partial charge is 0.355 e. The van der Waals surface area contributed by atoms with E-state index in [-0.39, 0.29) is 12.5 Å². The van der Waals surface area contributed by atoms with Crippen LogP contribution < -0.4 is 15.5 Å². The average molecular weight is 319 g/mol. The summed E-state index contributed by atoms with van der Waals surface area (Å²) >= 11 is 0. The minimum Gasteiger partial charge on any atom is -0.355 e. The van der Waals surface area contributed by atoms with Crippen molar-refractivity contribution in [1.82, 2.24) is 20.5 Å². The number of carbonyl (C=O) groups is 3. The Morgan fingerprint density at radius 3 is 2.39 bits per heavy atom. The highest BCUT2D eigenvalue weighted by Gasteiger charge is 2.26. The van der Waals surface area contributed by atoms with Gasteiger partial charge < -0.3 is 20.4 Å². The van der Waals surface area contributed by atoms with Gasteiger partial charge in [-0.1, -0.05) is 6.07 Å². The predicted octanol–water partition coefficient (Wildman–Crippen LogP) is -1.02. The molecule has 8 nitrogen and oxygen atoms in total. The van der Waals surface area contributed by atoms with Gasteiger partial charge in [-0.3, -0.25) is 14.4 Å². The number of nitrogens with zero attached hydrogens (tertiary/aromatic N) is 3. The fraction of sp³-hybridized carbons (Fsp3) is 0.467. The molecule has 2 N–H and O–H groups in total. The Labute approximate surface area is 134 Å². The lowest BCUT2D eigenvalue weighted by molar-refractivity contribution is -0.146. The van der Waals surface area contributed by atoms with Gasteiger partial charge in [-0.2, -0.15) is 0 Å². The van der Waals surface area contributed by atoms with Gasteiger partial charge in [0.1, 0.15) is 5.82 Å². The fourth-order valence-electron chi connectivity index (χ4n) is 2.31. The lowest BCUT2D eigenvalue weighted by Crippen LogP contribution is -2.53. The first-order chi connectivity index (χ1) is 11.1. The maximum absolute atomic E-state index is 12.1. The third kappa shape index (κ3) is 4.94. The standard InChI is InChI=1S/C15H21N5O3/c1-12(21)16-6-7-18-14(22)15(23)20-10-8-19(9-11-20)13-4-2-3-5-17-13/h2-5H,6-11H2,1H3,(H,16,21)(H,18,22). The van der Waals surface area contributed by atoms with Crippen molar-refractivity contribution in [2.24, 2.45) is 0 Å². The van der Waals surface area contributed by atoms with Crippen molar-refractivity contribution < 1.29 is 14.4 Å². The molecule has 1 saturated heterocycles. The van der Waals surface area contributed by atoms with Crippen LogP contribution in [-0.2, 0) is 14.4 Å². The van der Waals surface area contributed by atoms with E-state index in [0.717, 1.165) is 5.82 Å². The topological polar surface area (TPSA) is 94.6 Å². The molecule has 23 heavy (non-hydrogen) atoms. The Kier molecular flexibility index (Phi) is 5.90. The number of amides is 3. The second-order valence-electron chi connectivity index (χ2n) is 5.21. The molecule has 0 bridgehead atoms. The lowest BCUT2D eigenvalue weighted by Gasteiger charge is -2.34. The van der Waals surface area contributed by atoms with Crippen LogP contribution in [0.25, 0.3) is 0 Å². The van der Waals surface area contributed by atoms with Crippen molar-refractivity contribution in [3.8, 4) is 0 Å². The molecule has 3 amide bonds. The summed E-state index contributed by atoms with van der Waals surface area (Å²) in [5, 5.41) is 5.06. The number of aromatic nitrogens is 1. The molecule has 8 heteroatoms. The highest BCUT2D eigenvalue weighted by molar-refractivity contribution is 6.35. The molecule has 0 radical (unpaired) electrons. The molecule has 1 aromatic heterocycles. The first kappa shape index (κ1) is 16.7. The van der Waals surface area contributed by atoms with Crippen molar-refractivity contribution >= 4 is 23.5 Å². The molecule has 0 aliphatic carbocycles. The van der Waals surface area contributed by atoms with Crippen molar-refractivity contribution in [3.05, 3.63) is 24.4 Å². The van der Waals surface area contributed by atoms with E-state index in [0.29, 0.717) is 32.7 Å². The SMILES string of the molecule is CC(=O)NCCNC(=O)C(=O)N1CCN(c2ccccn2)CC1. The second kappa shape index (κ2) is 8.11. The van der Waals surface area contributed by atoms with Crippen LogP contribution in [-0.4, -0.2) is 66.9 Å². The Morgan fingerprint density at radius 1 is 1.09 bits per heavy atom. The smallest absolute Gasteiger partial charge is 0.312 e. The van der Waals surface area contributed by atoms with Gasteiger partial charge in [0, 0.05) is 52.4 Å². The summed E-state index contributed by atoms with van der Waals surface area (Å²) in [6.45, 7) is 4.18. The van der Waals surface area contributed by atoms with Crippen LogP contribution in [0.2, 0.25) is 0 Å². The lowest BCUT2D eigenvalue weighted by atomic mass is 10.3. The van der Waals surface area contributed by atoms with Gasteiger partial charge in [0.2, 0.25) is 5.91 Å². The molecule has 1 fully saturated rings. The Morgan fingerprint density at radius 2 is 1.78 bits per heavy atom. The number of carbonyl (C=O) groups excluding carboxylic acids is 3. The molecular weight excluding hydrogens is 298 g/mol. The van der Waals surface area contributed by atoms with Crippen LogP contribution in [0, 0.1) is 0 Å². The molecular formula is C15H21N5O3. The first-order valence-electron chi connectivity index (χ1n) is 7.55. The molecule has 0 atom stereocenters. The summed E-state index contributed by atoms with van der Waals surface area (Å²) < 4.78 is 0. The van der Waals surface area contributed by atoms with Gasteiger partial charge in [0.25, 0.3) is 0 Å². The molecule has 0 spiro atoms. The van der Waals surface area contributed by atoms with E-state index < -0.39 is 11.8 Å². The van der Waals surface area contributed by atoms with Crippen molar-refractivity contribution in [1.29, 1.82) is 0 Å². The summed E-state index contributed by atoms with van der Waals surface area (Å²) in [5.74, 6) is -0.467. The third-order valence-corrected chi connectivity index (χ3v) is 3.52. The minimum absolute atomic E-state index is 0.170. The van der Waals surface area contributed by atoms with Crippen LogP contribution >= 0.6 is 0 Å². The van der Waals surface area contributed by atoms with Gasteiger partial charge >= 0.3 is 11.8 Å². The second-order valence-corrected chi connectivity index (χ2v) is 5.21. The number of hydrogen-bond donors (Lipinski definition) is 2. The zero-order valence-electron chi connectivity index (χ0n) is 13.1. The Balaban J connectivity index is 1.74. The van der Waals surface area contributed by atoms with E-state index in [1.54, 1.807) is 6.20 Å². The van der Waals surface area contributed by atoms with Crippen LogP contribution in [0.4, 0.5) is 5.82 Å². The molecule has 1 aliphatic heterocycles. The molecule has 124 valence electrons. The van der Waals surface area contributed by atoms with E-state index in [1.165, 1.54) is 11.8 Å². The van der Waals surface area contributed by atoms with Crippen LogP contribution in [0.3, 0.4) is 0 Å². The number of rotatable bonds is 4. The predicted molar refractivity (Wildman–Crippen MR) is 84.7 cm³/mol. The molecule has 2 rings (SSSR count). The molecule has 1 aliphatic rings. The van der Waals surface area contributed by atoms with Gasteiger partial charge in [-0.15, -0.1) is 0 Å². The van der Waals surface area contributed by atoms with Crippen LogP contribution in [0.15, 0.2) is 24.4 Å². The first-order valence-corrected chi connectivity index (χ1v) is 7.55. The summed E-state index contributed by atoms with van der Waals surface area (Å²) in [6.07, 6.45) is 1.73. The molecule has 1 aromatic rings. The number of pyridine rings is 1. The van der Waals surface area contributed by atoms with E-state index in [9.17, 15) is 14.4 Å². The molecule has 0 unspecified atom stereocenters. The highest BCUT2D eigenvalue weighted by Crippen LogP contribution is 2.12. The van der Waals surface area contributed by atoms with Crippen molar-refractivity contribution in [3.63, 3.8) is 0 Å². The molecule has 0 aromatic carbocycles. The fourth-order valence-corrected chi connectivity index (χ4v) is 2.31. The molecule has 2 heterocycles. The summed E-state index contributed by atoms with van der Waals surface area (Å²) in [7, 11) is 0. The van der Waals surface area contributed by atoms with Gasteiger partial charge in [-0.05, 0) is 12.1 Å². The van der Waals surface area contributed by atoms with Crippen LogP contribution in [0.5, 0.6) is 0 Å². The van der Waals surface area contributed by atoms with Crippen LogP contribution in [0.1, 0.15) is 6.92 Å². The number of hydrogen-bond acceptors (Lipinski definition) is 5. The number of piperazine rings is 1. The van der Waals surface area contributed by atoms with Gasteiger partial charge in [-0.25, -0.2) is 4.98 Å². The number of anilines is 1. The average Bonchev–Trinajstić information content (AvgIpc) is 2.58. The van der Waals surface area contributed by atoms with Crippen molar-refractivity contribution in [2.45, 2.75) is 6.92 Å². The molecule has 0 saturated carbocycles. The van der Waals surface area contributed by atoms with E-state index in [2.05, 4.69) is 20.5 Å². The third-order valence-electron chi connectivity index (χ3n) is 3.52. The van der Waals surface area contributed by atoms with E-state index in [1.807, 2.05) is 18.2 Å². The normalized spacial score (nSPS) is 14.3. The highest BCUT2D eigenvalue weighted by atomic mass is 16.2. The van der Waals surface area contributed by atoms with Crippen molar-refractivity contribution in [2.75, 3.05) is 44.2 Å². The zero-order chi connectivity index (χ0) is 16.7. The zero-order valence-corrected chi connectivity index (χ0v) is 13.1. The quantitative estimate of drug-likeness (QED) is 0.547. The maximum Gasteiger partial charge on any atom is 0.312 e. The van der Waals surface area contributed by atoms with E-state index in [4.69, 9.17) is 0 Å². The summed E-state index contributed by atoms with van der Waals surface area (Å²) in [6, 6.07) is 5.70.